The smallest absolute Gasteiger partial charge is 0.0868 e. The summed E-state index contributed by atoms with van der Waals surface area (Å²) in [5.41, 5.74) is 14.3. The molecule has 0 aliphatic heterocycles. The maximum absolute atomic E-state index is 7.96. The molecule has 6 N–H and O–H groups in total. The van der Waals surface area contributed by atoms with Gasteiger partial charge in [0.15, 0.2) is 0 Å². The van der Waals surface area contributed by atoms with E-state index in [1.54, 1.807) is 24.4 Å². The molecule has 0 unspecified atom stereocenters. The van der Waals surface area contributed by atoms with Crippen molar-refractivity contribution in [1.82, 2.24) is 4.98 Å². The van der Waals surface area contributed by atoms with Crippen molar-refractivity contribution in [2.24, 2.45) is 0 Å². The van der Waals surface area contributed by atoms with E-state index in [2.05, 4.69) is 4.98 Å². The Labute approximate surface area is 87.4 Å². The number of aromatic nitrogens is 1. The van der Waals surface area contributed by atoms with Crippen molar-refractivity contribution in [3.8, 4) is 0 Å². The van der Waals surface area contributed by atoms with Gasteiger partial charge in [-0.2, -0.15) is 0 Å². The quantitative estimate of drug-likeness (QED) is 0.438. The maximum Gasteiger partial charge on any atom is 0.0868 e. The zero-order valence-corrected chi connectivity index (χ0v) is 8.12. The van der Waals surface area contributed by atoms with Crippen molar-refractivity contribution in [2.45, 2.75) is 0 Å². The molecule has 0 saturated carbocycles. The molecule has 0 amide bonds. The van der Waals surface area contributed by atoms with E-state index in [0.29, 0.717) is 22.6 Å². The molecule has 76 valence electrons. The number of benzene rings is 1. The third-order valence-corrected chi connectivity index (χ3v) is 2.21. The molecule has 4 heteroatoms. The van der Waals surface area contributed by atoms with Gasteiger partial charge in [-0.1, -0.05) is 0 Å². The van der Waals surface area contributed by atoms with Crippen LogP contribution in [0.1, 0.15) is 11.3 Å². The number of hydrogen-bond donors (Lipinski definition) is 4. The second kappa shape index (κ2) is 3.49. The molecule has 0 aliphatic carbocycles. The van der Waals surface area contributed by atoms with Crippen LogP contribution in [0.25, 0.3) is 0 Å². The summed E-state index contributed by atoms with van der Waals surface area (Å²) >= 11 is 0. The van der Waals surface area contributed by atoms with E-state index in [-0.39, 0.29) is 0 Å². The molecular formula is C11H12N4. The Balaban J connectivity index is 2.46. The van der Waals surface area contributed by atoms with Gasteiger partial charge in [0.2, 0.25) is 0 Å². The lowest BCUT2D eigenvalue weighted by molar-refractivity contribution is 1.33. The van der Waals surface area contributed by atoms with Crippen LogP contribution in [0.4, 0.5) is 11.4 Å². The Kier molecular flexibility index (Phi) is 2.17. The van der Waals surface area contributed by atoms with Crippen LogP contribution in [-0.2, 0) is 0 Å². The number of nitrogens with two attached hydrogens (primary N) is 2. The van der Waals surface area contributed by atoms with Crippen LogP contribution in [0.5, 0.6) is 0 Å². The second-order valence-corrected chi connectivity index (χ2v) is 3.31. The maximum atomic E-state index is 7.96. The summed E-state index contributed by atoms with van der Waals surface area (Å²) in [7, 11) is 0. The lowest BCUT2D eigenvalue weighted by atomic mass is 10.0. The zero-order valence-electron chi connectivity index (χ0n) is 8.12. The predicted octanol–water partition coefficient (Wildman–Crippen LogP) is 1.60. The van der Waals surface area contributed by atoms with Crippen LogP contribution < -0.4 is 11.5 Å². The summed E-state index contributed by atoms with van der Waals surface area (Å²) in [4.78, 5) is 2.96. The summed E-state index contributed by atoms with van der Waals surface area (Å²) in [5.74, 6) is 0. The normalized spacial score (nSPS) is 10.1. The van der Waals surface area contributed by atoms with Gasteiger partial charge in [0.1, 0.15) is 0 Å². The first-order valence-corrected chi connectivity index (χ1v) is 4.56. The van der Waals surface area contributed by atoms with Crippen molar-refractivity contribution < 1.29 is 0 Å². The SMILES string of the molecule is N=C(c1ccc[nH]1)c1cc(N)ccc1N. The fourth-order valence-corrected chi connectivity index (χ4v) is 1.42. The molecular weight excluding hydrogens is 188 g/mol. The average molecular weight is 200 g/mol. The monoisotopic (exact) mass is 200 g/mol. The van der Waals surface area contributed by atoms with Crippen LogP contribution in [-0.4, -0.2) is 10.7 Å². The number of hydrogen-bond acceptors (Lipinski definition) is 3. The molecule has 0 saturated heterocycles. The molecule has 0 spiro atoms. The van der Waals surface area contributed by atoms with Gasteiger partial charge in [-0.15, -0.1) is 0 Å². The second-order valence-electron chi connectivity index (χ2n) is 3.31. The molecule has 1 heterocycles. The van der Waals surface area contributed by atoms with Gasteiger partial charge >= 0.3 is 0 Å². The zero-order chi connectivity index (χ0) is 10.8. The summed E-state index contributed by atoms with van der Waals surface area (Å²) in [5, 5.41) is 7.96. The molecule has 0 atom stereocenters. The van der Waals surface area contributed by atoms with Crippen molar-refractivity contribution in [1.29, 1.82) is 5.41 Å². The largest absolute Gasteiger partial charge is 0.399 e. The number of aromatic amines is 1. The molecule has 4 nitrogen and oxygen atoms in total. The van der Waals surface area contributed by atoms with E-state index in [4.69, 9.17) is 16.9 Å². The fourth-order valence-electron chi connectivity index (χ4n) is 1.42. The average Bonchev–Trinajstić information content (AvgIpc) is 2.74. The van der Waals surface area contributed by atoms with E-state index in [1.807, 2.05) is 12.1 Å². The number of nitrogens with one attached hydrogen (secondary N) is 2. The van der Waals surface area contributed by atoms with Crippen LogP contribution >= 0.6 is 0 Å². The van der Waals surface area contributed by atoms with Gasteiger partial charge in [-0.05, 0) is 30.3 Å². The number of H-pyrrole nitrogens is 1. The third-order valence-electron chi connectivity index (χ3n) is 2.21. The highest BCUT2D eigenvalue weighted by Crippen LogP contribution is 2.18. The topological polar surface area (TPSA) is 91.7 Å². The lowest BCUT2D eigenvalue weighted by Gasteiger charge is -2.06. The highest BCUT2D eigenvalue weighted by molar-refractivity contribution is 6.13. The van der Waals surface area contributed by atoms with Crippen LogP contribution in [0.3, 0.4) is 0 Å². The van der Waals surface area contributed by atoms with E-state index in [0.717, 1.165) is 5.69 Å². The first-order chi connectivity index (χ1) is 7.18. The first-order valence-electron chi connectivity index (χ1n) is 4.56. The van der Waals surface area contributed by atoms with Crippen molar-refractivity contribution >= 4 is 17.1 Å². The first kappa shape index (κ1) is 9.33. The summed E-state index contributed by atoms with van der Waals surface area (Å²) in [6, 6.07) is 8.80. The molecule has 2 aromatic rings. The van der Waals surface area contributed by atoms with Crippen LogP contribution in [0.2, 0.25) is 0 Å². The minimum absolute atomic E-state index is 0.352. The Morgan fingerprint density at radius 3 is 2.67 bits per heavy atom. The molecule has 0 fully saturated rings. The van der Waals surface area contributed by atoms with Gasteiger partial charge in [-0.3, -0.25) is 5.41 Å². The van der Waals surface area contributed by atoms with Crippen molar-refractivity contribution in [3.63, 3.8) is 0 Å². The van der Waals surface area contributed by atoms with Gasteiger partial charge < -0.3 is 16.5 Å². The van der Waals surface area contributed by atoms with Crippen molar-refractivity contribution in [3.05, 3.63) is 47.8 Å². The highest BCUT2D eigenvalue weighted by atomic mass is 14.7. The van der Waals surface area contributed by atoms with E-state index in [1.165, 1.54) is 0 Å². The van der Waals surface area contributed by atoms with Crippen LogP contribution in [0.15, 0.2) is 36.5 Å². The third kappa shape index (κ3) is 1.69. The molecule has 2 rings (SSSR count). The molecule has 0 aliphatic rings. The van der Waals surface area contributed by atoms with Crippen molar-refractivity contribution in [2.75, 3.05) is 11.5 Å². The fraction of sp³-hybridized carbons (Fsp3) is 0. The molecule has 15 heavy (non-hydrogen) atoms. The van der Waals surface area contributed by atoms with Crippen LogP contribution in [0, 0.1) is 5.41 Å². The predicted molar refractivity (Wildman–Crippen MR) is 62.0 cm³/mol. The Morgan fingerprint density at radius 2 is 2.00 bits per heavy atom. The minimum Gasteiger partial charge on any atom is -0.399 e. The molecule has 0 radical (unpaired) electrons. The Bertz CT molecular complexity index is 485. The number of nitrogen functional groups attached to an aromatic ring is 2. The molecule has 0 bridgehead atoms. The summed E-state index contributed by atoms with van der Waals surface area (Å²) in [6.45, 7) is 0. The van der Waals surface area contributed by atoms with Gasteiger partial charge in [0.05, 0.1) is 11.4 Å². The van der Waals surface area contributed by atoms with Gasteiger partial charge in [0.25, 0.3) is 0 Å². The number of anilines is 2. The minimum atomic E-state index is 0.352. The standard InChI is InChI=1S/C11H12N4/c12-7-3-4-9(13)8(6-7)11(14)10-2-1-5-15-10/h1-6,14-15H,12-13H2. The summed E-state index contributed by atoms with van der Waals surface area (Å²) < 4.78 is 0. The van der Waals surface area contributed by atoms with Gasteiger partial charge in [0, 0.05) is 23.1 Å². The van der Waals surface area contributed by atoms with E-state index in [9.17, 15) is 0 Å². The molecule has 1 aromatic heterocycles. The number of rotatable bonds is 2. The highest BCUT2D eigenvalue weighted by Gasteiger charge is 2.08. The molecule has 1 aromatic carbocycles. The Hall–Kier alpha value is -2.23. The Morgan fingerprint density at radius 1 is 1.20 bits per heavy atom. The van der Waals surface area contributed by atoms with Gasteiger partial charge in [-0.25, -0.2) is 0 Å². The summed E-state index contributed by atoms with van der Waals surface area (Å²) in [6.07, 6.45) is 1.77. The van der Waals surface area contributed by atoms with E-state index < -0.39 is 0 Å². The lowest BCUT2D eigenvalue weighted by Crippen LogP contribution is -2.06. The van der Waals surface area contributed by atoms with E-state index >= 15 is 0 Å².